The third kappa shape index (κ3) is 6.73. The van der Waals surface area contributed by atoms with Gasteiger partial charge in [0.15, 0.2) is 11.5 Å². The van der Waals surface area contributed by atoms with Crippen LogP contribution in [0.3, 0.4) is 0 Å². The summed E-state index contributed by atoms with van der Waals surface area (Å²) in [7, 11) is 1.42. The van der Waals surface area contributed by atoms with E-state index in [0.717, 1.165) is 13.1 Å². The van der Waals surface area contributed by atoms with Crippen molar-refractivity contribution in [1.82, 2.24) is 0 Å². The van der Waals surface area contributed by atoms with E-state index >= 15 is 0 Å². The van der Waals surface area contributed by atoms with E-state index < -0.39 is 6.10 Å². The number of phenols is 1. The minimum Gasteiger partial charge on any atom is -0.504 e. The second-order valence-electron chi connectivity index (χ2n) is 3.54. The van der Waals surface area contributed by atoms with E-state index in [1.807, 2.05) is 13.8 Å². The molecular weight excluding hydrogens is 248 g/mol. The fourth-order valence-corrected chi connectivity index (χ4v) is 1.21. The average molecular weight is 270 g/mol. The van der Waals surface area contributed by atoms with Gasteiger partial charge in [0.25, 0.3) is 0 Å². The highest BCUT2D eigenvalue weighted by molar-refractivity contribution is 5.42. The van der Waals surface area contributed by atoms with Crippen molar-refractivity contribution < 1.29 is 20.1 Å². The number of aromatic hydroxyl groups is 1. The molecular formula is C13H22N2O4. The topological polar surface area (TPSA) is 94.6 Å². The number of aliphatic hydroxyl groups excluding tert-OH is 2. The fraction of sp³-hybridized carbons (Fsp3) is 0.538. The van der Waals surface area contributed by atoms with Gasteiger partial charge in [-0.15, -0.1) is 0 Å². The summed E-state index contributed by atoms with van der Waals surface area (Å²) in [6.45, 7) is 5.22. The molecule has 3 N–H and O–H groups in total. The summed E-state index contributed by atoms with van der Waals surface area (Å²) in [5.41, 5.74) is 0.511. The molecule has 1 rings (SSSR count). The van der Waals surface area contributed by atoms with Gasteiger partial charge < -0.3 is 20.1 Å². The number of hydrogen-bond acceptors (Lipinski definition) is 6. The Bertz CT molecular complexity index is 377. The van der Waals surface area contributed by atoms with Crippen LogP contribution < -0.4 is 4.74 Å². The number of methoxy groups -OCH3 is 1. The standard InChI is InChI=1S/C9H12O4.C4H10N2/c1-13-9-4-6(8(12)5-10)2-3-7(9)11;1-3-5-6-4-2/h2-4,8,10-12H,5H2,1H3;3-4H2,1-2H3. The highest BCUT2D eigenvalue weighted by Gasteiger charge is 2.09. The molecule has 19 heavy (non-hydrogen) atoms. The first-order chi connectivity index (χ1) is 9.10. The molecule has 6 heteroatoms. The Morgan fingerprint density at radius 1 is 1.21 bits per heavy atom. The molecule has 1 atom stereocenters. The maximum Gasteiger partial charge on any atom is 0.160 e. The number of rotatable bonds is 5. The van der Waals surface area contributed by atoms with Crippen molar-refractivity contribution in [2.24, 2.45) is 10.2 Å². The Morgan fingerprint density at radius 2 is 1.79 bits per heavy atom. The van der Waals surface area contributed by atoms with Gasteiger partial charge in [0.05, 0.1) is 26.8 Å². The molecule has 1 aromatic carbocycles. The molecule has 0 fully saturated rings. The second-order valence-corrected chi connectivity index (χ2v) is 3.54. The van der Waals surface area contributed by atoms with Crippen molar-refractivity contribution in [1.29, 1.82) is 0 Å². The van der Waals surface area contributed by atoms with Crippen LogP contribution in [-0.4, -0.2) is 42.1 Å². The predicted molar refractivity (Wildman–Crippen MR) is 72.6 cm³/mol. The minimum atomic E-state index is -0.936. The summed E-state index contributed by atoms with van der Waals surface area (Å²) in [4.78, 5) is 0. The lowest BCUT2D eigenvalue weighted by Gasteiger charge is -2.09. The van der Waals surface area contributed by atoms with Gasteiger partial charge in [0.1, 0.15) is 6.10 Å². The molecule has 0 saturated carbocycles. The molecule has 0 aliphatic rings. The van der Waals surface area contributed by atoms with Gasteiger partial charge in [0.2, 0.25) is 0 Å². The molecule has 0 spiro atoms. The third-order valence-electron chi connectivity index (χ3n) is 2.14. The number of nitrogens with zero attached hydrogens (tertiary/aromatic N) is 2. The Labute approximate surface area is 113 Å². The van der Waals surface area contributed by atoms with Crippen molar-refractivity contribution in [2.75, 3.05) is 26.8 Å². The highest BCUT2D eigenvalue weighted by atomic mass is 16.5. The van der Waals surface area contributed by atoms with Crippen molar-refractivity contribution in [2.45, 2.75) is 20.0 Å². The number of benzene rings is 1. The molecule has 0 bridgehead atoms. The van der Waals surface area contributed by atoms with Crippen LogP contribution in [-0.2, 0) is 0 Å². The molecule has 0 aromatic heterocycles. The van der Waals surface area contributed by atoms with Crippen LogP contribution >= 0.6 is 0 Å². The molecule has 0 heterocycles. The van der Waals surface area contributed by atoms with E-state index in [-0.39, 0.29) is 18.1 Å². The van der Waals surface area contributed by atoms with Gasteiger partial charge in [0, 0.05) is 0 Å². The minimum absolute atomic E-state index is 0.0105. The lowest BCUT2D eigenvalue weighted by molar-refractivity contribution is 0.0953. The zero-order valence-corrected chi connectivity index (χ0v) is 11.6. The highest BCUT2D eigenvalue weighted by Crippen LogP contribution is 2.28. The van der Waals surface area contributed by atoms with Gasteiger partial charge in [-0.05, 0) is 31.5 Å². The summed E-state index contributed by atoms with van der Waals surface area (Å²) in [6, 6.07) is 4.42. The summed E-state index contributed by atoms with van der Waals surface area (Å²) >= 11 is 0. The van der Waals surface area contributed by atoms with E-state index in [2.05, 4.69) is 10.2 Å². The number of phenolic OH excluding ortho intramolecular Hbond substituents is 1. The van der Waals surface area contributed by atoms with Crippen molar-refractivity contribution in [3.05, 3.63) is 23.8 Å². The number of azo groups is 1. The van der Waals surface area contributed by atoms with Crippen LogP contribution in [0.25, 0.3) is 0 Å². The summed E-state index contributed by atoms with van der Waals surface area (Å²) in [6.07, 6.45) is -0.936. The van der Waals surface area contributed by atoms with E-state index in [1.165, 1.54) is 25.3 Å². The largest absolute Gasteiger partial charge is 0.504 e. The molecule has 0 aliphatic carbocycles. The van der Waals surface area contributed by atoms with Crippen molar-refractivity contribution >= 4 is 0 Å². The van der Waals surface area contributed by atoms with E-state index in [1.54, 1.807) is 0 Å². The Balaban J connectivity index is 0.000000459. The third-order valence-corrected chi connectivity index (χ3v) is 2.14. The molecule has 0 saturated heterocycles. The smallest absolute Gasteiger partial charge is 0.160 e. The summed E-state index contributed by atoms with van der Waals surface area (Å²) in [5.74, 6) is 0.293. The van der Waals surface area contributed by atoms with Crippen LogP contribution in [0, 0.1) is 0 Å². The number of ether oxygens (including phenoxy) is 1. The molecule has 0 aliphatic heterocycles. The number of hydrogen-bond donors (Lipinski definition) is 3. The van der Waals surface area contributed by atoms with E-state index in [0.29, 0.717) is 5.56 Å². The van der Waals surface area contributed by atoms with E-state index in [9.17, 15) is 10.2 Å². The van der Waals surface area contributed by atoms with E-state index in [4.69, 9.17) is 9.84 Å². The Kier molecular flexibility index (Phi) is 9.38. The molecule has 0 amide bonds. The van der Waals surface area contributed by atoms with Crippen LogP contribution in [0.1, 0.15) is 25.5 Å². The molecule has 1 aromatic rings. The zero-order valence-electron chi connectivity index (χ0n) is 11.6. The first-order valence-electron chi connectivity index (χ1n) is 6.09. The maximum atomic E-state index is 9.25. The monoisotopic (exact) mass is 270 g/mol. The predicted octanol–water partition coefficient (Wildman–Crippen LogP) is 1.90. The molecule has 108 valence electrons. The average Bonchev–Trinajstić information content (AvgIpc) is 2.45. The Morgan fingerprint density at radius 3 is 2.21 bits per heavy atom. The van der Waals surface area contributed by atoms with Crippen LogP contribution in [0.2, 0.25) is 0 Å². The summed E-state index contributed by atoms with van der Waals surface area (Å²) in [5, 5.41) is 34.6. The molecule has 6 nitrogen and oxygen atoms in total. The van der Waals surface area contributed by atoms with Crippen molar-refractivity contribution in [3.63, 3.8) is 0 Å². The molecule has 1 unspecified atom stereocenters. The van der Waals surface area contributed by atoms with Gasteiger partial charge >= 0.3 is 0 Å². The number of aliphatic hydroxyl groups is 2. The van der Waals surface area contributed by atoms with Gasteiger partial charge in [-0.3, -0.25) is 0 Å². The second kappa shape index (κ2) is 10.3. The van der Waals surface area contributed by atoms with Gasteiger partial charge in [-0.1, -0.05) is 6.07 Å². The van der Waals surface area contributed by atoms with Gasteiger partial charge in [-0.25, -0.2) is 0 Å². The lowest BCUT2D eigenvalue weighted by atomic mass is 10.1. The lowest BCUT2D eigenvalue weighted by Crippen LogP contribution is -2.02. The fourth-order valence-electron chi connectivity index (χ4n) is 1.21. The molecule has 0 radical (unpaired) electrons. The SMILES string of the molecule is CCN=NCC.COc1cc(C(O)CO)ccc1O. The quantitative estimate of drug-likeness (QED) is 0.712. The normalized spacial score (nSPS) is 11.8. The van der Waals surface area contributed by atoms with Gasteiger partial charge in [-0.2, -0.15) is 10.2 Å². The summed E-state index contributed by atoms with van der Waals surface area (Å²) < 4.78 is 4.84. The first kappa shape index (κ1) is 17.3. The van der Waals surface area contributed by atoms with Crippen LogP contribution in [0.15, 0.2) is 28.4 Å². The maximum absolute atomic E-state index is 9.25. The zero-order chi connectivity index (χ0) is 14.7. The van der Waals surface area contributed by atoms with Crippen LogP contribution in [0.4, 0.5) is 0 Å². The van der Waals surface area contributed by atoms with Crippen LogP contribution in [0.5, 0.6) is 11.5 Å². The Hall–Kier alpha value is -1.66. The van der Waals surface area contributed by atoms with Crippen molar-refractivity contribution in [3.8, 4) is 11.5 Å². The first-order valence-corrected chi connectivity index (χ1v) is 6.09.